The van der Waals surface area contributed by atoms with Crippen LogP contribution in [0.25, 0.3) is 0 Å². The summed E-state index contributed by atoms with van der Waals surface area (Å²) in [5.74, 6) is 1.12. The van der Waals surface area contributed by atoms with Crippen molar-refractivity contribution in [1.29, 1.82) is 0 Å². The minimum atomic E-state index is 0.645. The monoisotopic (exact) mass is 372 g/mol. The van der Waals surface area contributed by atoms with Gasteiger partial charge in [-0.3, -0.25) is 4.90 Å². The first-order chi connectivity index (χ1) is 11.1. The molecule has 3 saturated heterocycles. The molecule has 0 spiro atoms. The van der Waals surface area contributed by atoms with Crippen LogP contribution in [0.2, 0.25) is 0 Å². The van der Waals surface area contributed by atoms with Crippen molar-refractivity contribution in [2.45, 2.75) is 38.9 Å². The van der Waals surface area contributed by atoms with E-state index in [1.165, 1.54) is 17.5 Å². The van der Waals surface area contributed by atoms with Gasteiger partial charge in [-0.25, -0.2) is 9.97 Å². The third kappa shape index (κ3) is 2.76. The Morgan fingerprint density at radius 2 is 1.78 bits per heavy atom. The third-order valence-corrected chi connectivity index (χ3v) is 5.76. The molecule has 1 aromatic carbocycles. The molecule has 5 rings (SSSR count). The van der Waals surface area contributed by atoms with Crippen LogP contribution in [-0.4, -0.2) is 40.0 Å². The van der Waals surface area contributed by atoms with Gasteiger partial charge in [0, 0.05) is 47.4 Å². The molecule has 2 bridgehead atoms. The summed E-state index contributed by atoms with van der Waals surface area (Å²) < 4.78 is 1.14. The lowest BCUT2D eigenvalue weighted by molar-refractivity contribution is -0.00873. The van der Waals surface area contributed by atoms with Crippen LogP contribution in [0.15, 0.2) is 35.1 Å². The molecule has 1 aromatic heterocycles. The average molecular weight is 373 g/mol. The summed E-state index contributed by atoms with van der Waals surface area (Å²) in [5, 5.41) is 0. The van der Waals surface area contributed by atoms with Crippen molar-refractivity contribution in [2.75, 3.05) is 18.0 Å². The number of piperidine rings is 1. The molecule has 2 unspecified atom stereocenters. The predicted molar refractivity (Wildman–Crippen MR) is 95.6 cm³/mol. The van der Waals surface area contributed by atoms with E-state index in [1.807, 2.05) is 0 Å². The molecule has 4 nitrogen and oxygen atoms in total. The number of anilines is 1. The Balaban J connectivity index is 1.46. The smallest absolute Gasteiger partial charge is 0.135 e. The molecule has 0 radical (unpaired) electrons. The second-order valence-corrected chi connectivity index (χ2v) is 7.57. The summed E-state index contributed by atoms with van der Waals surface area (Å²) in [6.45, 7) is 7.39. The first-order valence-corrected chi connectivity index (χ1v) is 8.94. The van der Waals surface area contributed by atoms with Gasteiger partial charge in [-0.1, -0.05) is 28.1 Å². The number of benzene rings is 1. The van der Waals surface area contributed by atoms with Crippen molar-refractivity contribution in [3.05, 3.63) is 51.9 Å². The molecular weight excluding hydrogens is 352 g/mol. The van der Waals surface area contributed by atoms with E-state index in [0.717, 1.165) is 35.6 Å². The van der Waals surface area contributed by atoms with Crippen molar-refractivity contribution < 1.29 is 0 Å². The minimum Gasteiger partial charge on any atom is -0.353 e. The molecule has 3 aliphatic heterocycles. The highest BCUT2D eigenvalue weighted by molar-refractivity contribution is 9.10. The van der Waals surface area contributed by atoms with Crippen LogP contribution in [0.3, 0.4) is 0 Å². The Morgan fingerprint density at radius 1 is 1.09 bits per heavy atom. The van der Waals surface area contributed by atoms with E-state index >= 15 is 0 Å². The van der Waals surface area contributed by atoms with Gasteiger partial charge in [0.05, 0.1) is 0 Å². The summed E-state index contributed by atoms with van der Waals surface area (Å²) in [6.07, 6.45) is 3.01. The van der Waals surface area contributed by atoms with Crippen molar-refractivity contribution in [3.63, 3.8) is 0 Å². The summed E-state index contributed by atoms with van der Waals surface area (Å²) in [6, 6.07) is 9.98. The molecule has 0 amide bonds. The fraction of sp³-hybridized carbons (Fsp3) is 0.444. The SMILES string of the molecule is Cc1ncnc(N2CC3CC(C2)N3Cc2ccc(Br)cc2)c1C. The molecule has 120 valence electrons. The number of halogens is 1. The zero-order valence-corrected chi connectivity index (χ0v) is 15.1. The summed E-state index contributed by atoms with van der Waals surface area (Å²) in [4.78, 5) is 13.9. The first kappa shape index (κ1) is 15.1. The van der Waals surface area contributed by atoms with Gasteiger partial charge in [0.25, 0.3) is 0 Å². The lowest BCUT2D eigenvalue weighted by Gasteiger charge is -2.57. The van der Waals surface area contributed by atoms with Crippen molar-refractivity contribution in [3.8, 4) is 0 Å². The van der Waals surface area contributed by atoms with E-state index in [-0.39, 0.29) is 0 Å². The van der Waals surface area contributed by atoms with E-state index in [9.17, 15) is 0 Å². The maximum atomic E-state index is 4.53. The highest BCUT2D eigenvalue weighted by Gasteiger charge is 2.44. The first-order valence-electron chi connectivity index (χ1n) is 8.15. The van der Waals surface area contributed by atoms with Crippen molar-refractivity contribution >= 4 is 21.7 Å². The summed E-state index contributed by atoms with van der Waals surface area (Å²) in [5.41, 5.74) is 3.69. The zero-order chi connectivity index (χ0) is 16.0. The predicted octanol–water partition coefficient (Wildman–Crippen LogP) is 3.32. The molecule has 23 heavy (non-hydrogen) atoms. The molecule has 0 saturated carbocycles. The number of nitrogens with zero attached hydrogens (tertiary/aromatic N) is 4. The van der Waals surface area contributed by atoms with Gasteiger partial charge in [0.1, 0.15) is 12.1 Å². The lowest BCUT2D eigenvalue weighted by Crippen LogP contribution is -2.68. The molecule has 0 aliphatic carbocycles. The number of rotatable bonds is 3. The molecule has 3 fully saturated rings. The fourth-order valence-electron chi connectivity index (χ4n) is 3.76. The zero-order valence-electron chi connectivity index (χ0n) is 13.5. The van der Waals surface area contributed by atoms with E-state index < -0.39 is 0 Å². The van der Waals surface area contributed by atoms with Crippen molar-refractivity contribution in [1.82, 2.24) is 14.9 Å². The number of fused-ring (bicyclic) bond motifs is 2. The standard InChI is InChI=1S/C18H21BrN4/c1-12-13(2)20-11-21-18(12)22-9-16-7-17(10-22)23(16)8-14-3-5-15(19)6-4-14/h3-6,11,16-17H,7-10H2,1-2H3. The molecule has 2 aromatic rings. The normalized spacial score (nSPS) is 23.7. The van der Waals surface area contributed by atoms with Gasteiger partial charge < -0.3 is 4.90 Å². The molecule has 2 atom stereocenters. The Bertz CT molecular complexity index is 703. The van der Waals surface area contributed by atoms with Crippen LogP contribution in [0.5, 0.6) is 0 Å². The second-order valence-electron chi connectivity index (χ2n) is 6.65. The second kappa shape index (κ2) is 5.87. The van der Waals surface area contributed by atoms with E-state index in [4.69, 9.17) is 0 Å². The van der Waals surface area contributed by atoms with Gasteiger partial charge in [-0.15, -0.1) is 0 Å². The summed E-state index contributed by atoms with van der Waals surface area (Å²) >= 11 is 3.51. The Kier molecular flexibility index (Phi) is 3.85. The van der Waals surface area contributed by atoms with E-state index in [0.29, 0.717) is 12.1 Å². The fourth-order valence-corrected chi connectivity index (χ4v) is 4.03. The Labute approximate surface area is 145 Å². The maximum absolute atomic E-state index is 4.53. The highest BCUT2D eigenvalue weighted by Crippen LogP contribution is 2.36. The van der Waals surface area contributed by atoms with Gasteiger partial charge in [0.2, 0.25) is 0 Å². The third-order valence-electron chi connectivity index (χ3n) is 5.23. The Hall–Kier alpha value is -1.46. The van der Waals surface area contributed by atoms with Crippen LogP contribution < -0.4 is 4.90 Å². The topological polar surface area (TPSA) is 32.3 Å². The maximum Gasteiger partial charge on any atom is 0.135 e. The minimum absolute atomic E-state index is 0.645. The number of piperazine rings is 1. The highest BCUT2D eigenvalue weighted by atomic mass is 79.9. The van der Waals surface area contributed by atoms with Gasteiger partial charge in [-0.05, 0) is 38.0 Å². The van der Waals surface area contributed by atoms with Crippen LogP contribution in [-0.2, 0) is 6.54 Å². The molecule has 5 heteroatoms. The van der Waals surface area contributed by atoms with Gasteiger partial charge in [-0.2, -0.15) is 0 Å². The molecule has 4 heterocycles. The largest absolute Gasteiger partial charge is 0.353 e. The molecular formula is C18H21BrN4. The summed E-state index contributed by atoms with van der Waals surface area (Å²) in [7, 11) is 0. The average Bonchev–Trinajstić information content (AvgIpc) is 2.57. The van der Waals surface area contributed by atoms with Gasteiger partial charge in [0.15, 0.2) is 0 Å². The van der Waals surface area contributed by atoms with Crippen LogP contribution in [0.1, 0.15) is 23.2 Å². The quantitative estimate of drug-likeness (QED) is 0.826. The van der Waals surface area contributed by atoms with Crippen molar-refractivity contribution in [2.24, 2.45) is 0 Å². The van der Waals surface area contributed by atoms with Crippen LogP contribution in [0, 0.1) is 13.8 Å². The molecule has 3 aliphatic rings. The number of aromatic nitrogens is 2. The molecule has 0 N–H and O–H groups in total. The number of hydrogen-bond donors (Lipinski definition) is 0. The number of hydrogen-bond acceptors (Lipinski definition) is 4. The van der Waals surface area contributed by atoms with E-state index in [1.54, 1.807) is 6.33 Å². The lowest BCUT2D eigenvalue weighted by atomic mass is 9.86. The Morgan fingerprint density at radius 3 is 2.48 bits per heavy atom. The van der Waals surface area contributed by atoms with E-state index in [2.05, 4.69) is 73.8 Å². The van der Waals surface area contributed by atoms with Gasteiger partial charge >= 0.3 is 0 Å². The van der Waals surface area contributed by atoms with Crippen LogP contribution in [0.4, 0.5) is 5.82 Å². The van der Waals surface area contributed by atoms with Crippen LogP contribution >= 0.6 is 15.9 Å². The number of aryl methyl sites for hydroxylation is 1.